The lowest BCUT2D eigenvalue weighted by atomic mass is 10.0. The molecule has 3 aromatic carbocycles. The summed E-state index contributed by atoms with van der Waals surface area (Å²) in [6.45, 7) is -0.219. The van der Waals surface area contributed by atoms with E-state index in [-0.39, 0.29) is 24.0 Å². The molecule has 198 valence electrons. The molecule has 1 N–H and O–H groups in total. The molecule has 0 spiro atoms. The summed E-state index contributed by atoms with van der Waals surface area (Å²) >= 11 is 0. The van der Waals surface area contributed by atoms with Crippen LogP contribution in [0.15, 0.2) is 77.6 Å². The fourth-order valence-corrected chi connectivity index (χ4v) is 5.17. The smallest absolute Gasteiger partial charge is 0.416 e. The summed E-state index contributed by atoms with van der Waals surface area (Å²) in [6, 6.07) is 15.1. The van der Waals surface area contributed by atoms with Gasteiger partial charge in [0, 0.05) is 6.54 Å². The molecule has 4 aromatic rings. The normalized spacial score (nSPS) is 12.8. The second-order valence-corrected chi connectivity index (χ2v) is 10.3. The van der Waals surface area contributed by atoms with Crippen molar-refractivity contribution in [3.05, 3.63) is 88.7 Å². The van der Waals surface area contributed by atoms with Crippen molar-refractivity contribution in [3.63, 3.8) is 0 Å². The Morgan fingerprint density at radius 2 is 1.58 bits per heavy atom. The van der Waals surface area contributed by atoms with E-state index in [1.54, 1.807) is 24.3 Å². The van der Waals surface area contributed by atoms with Crippen LogP contribution < -0.4 is 9.86 Å². The van der Waals surface area contributed by atoms with Crippen molar-refractivity contribution in [1.29, 1.82) is 0 Å². The first-order chi connectivity index (χ1) is 17.9. The van der Waals surface area contributed by atoms with Gasteiger partial charge in [-0.15, -0.1) is 5.10 Å². The first-order valence-corrected chi connectivity index (χ1v) is 13.0. The first kappa shape index (κ1) is 26.8. The van der Waals surface area contributed by atoms with E-state index in [4.69, 9.17) is 0 Å². The Hall–Kier alpha value is -4.26. The van der Waals surface area contributed by atoms with Crippen LogP contribution in [0, 0.1) is 0 Å². The second-order valence-electron chi connectivity index (χ2n) is 8.46. The Bertz CT molecular complexity index is 1640. The zero-order valence-electron chi connectivity index (χ0n) is 19.8. The van der Waals surface area contributed by atoms with E-state index in [9.17, 15) is 36.3 Å². The molecule has 4 rings (SSSR count). The Morgan fingerprint density at radius 1 is 1.00 bits per heavy atom. The molecular weight excluding hydrogens is 525 g/mol. The lowest BCUT2D eigenvalue weighted by molar-refractivity contribution is -0.139. The van der Waals surface area contributed by atoms with Gasteiger partial charge in [-0.25, -0.2) is 17.9 Å². The minimum atomic E-state index is -4.48. The Morgan fingerprint density at radius 3 is 2.13 bits per heavy atom. The van der Waals surface area contributed by atoms with Crippen LogP contribution in [-0.2, 0) is 27.5 Å². The molecule has 0 aliphatic carbocycles. The maximum Gasteiger partial charge on any atom is 0.416 e. The molecule has 9 nitrogen and oxygen atoms in total. The number of carbonyl (C=O) groups is 1. The van der Waals surface area contributed by atoms with Crippen molar-refractivity contribution >= 4 is 32.6 Å². The van der Waals surface area contributed by atoms with Gasteiger partial charge in [-0.2, -0.15) is 13.2 Å². The van der Waals surface area contributed by atoms with Gasteiger partial charge in [-0.3, -0.25) is 9.10 Å². The minimum Gasteiger partial charge on any atom is -0.480 e. The van der Waals surface area contributed by atoms with Crippen molar-refractivity contribution in [1.82, 2.24) is 15.0 Å². The third kappa shape index (κ3) is 5.67. The van der Waals surface area contributed by atoms with E-state index in [0.29, 0.717) is 16.6 Å². The highest BCUT2D eigenvalue weighted by Crippen LogP contribution is 2.32. The molecular formula is C25H21F3N4O5S. The molecule has 0 saturated heterocycles. The van der Waals surface area contributed by atoms with Gasteiger partial charge in [0.15, 0.2) is 0 Å². The molecule has 13 heteroatoms. The van der Waals surface area contributed by atoms with E-state index < -0.39 is 39.3 Å². The number of benzene rings is 3. The average Bonchev–Trinajstić information content (AvgIpc) is 2.86. The van der Waals surface area contributed by atoms with Gasteiger partial charge in [0.05, 0.1) is 22.9 Å². The quantitative estimate of drug-likeness (QED) is 0.357. The van der Waals surface area contributed by atoms with Crippen molar-refractivity contribution < 1.29 is 31.5 Å². The third-order valence-corrected chi connectivity index (χ3v) is 7.02. The highest BCUT2D eigenvalue weighted by Gasteiger charge is 2.33. The summed E-state index contributed by atoms with van der Waals surface area (Å²) < 4.78 is 65.6. The van der Waals surface area contributed by atoms with Crippen LogP contribution in [0.4, 0.5) is 18.9 Å². The second kappa shape index (κ2) is 10.2. The molecule has 1 atom stereocenters. The number of aryl methyl sites for hydroxylation is 1. The van der Waals surface area contributed by atoms with Crippen LogP contribution in [0.2, 0.25) is 0 Å². The van der Waals surface area contributed by atoms with Crippen molar-refractivity contribution in [3.8, 4) is 11.1 Å². The number of halogens is 3. The van der Waals surface area contributed by atoms with Gasteiger partial charge in [-0.1, -0.05) is 41.6 Å². The van der Waals surface area contributed by atoms with Crippen LogP contribution >= 0.6 is 0 Å². The van der Waals surface area contributed by atoms with Crippen LogP contribution in [-0.4, -0.2) is 46.8 Å². The summed E-state index contributed by atoms with van der Waals surface area (Å²) in [7, 11) is -4.11. The summed E-state index contributed by atoms with van der Waals surface area (Å²) in [6.07, 6.45) is -3.92. The minimum absolute atomic E-state index is 0.0347. The highest BCUT2D eigenvalue weighted by atomic mass is 32.2. The summed E-state index contributed by atoms with van der Waals surface area (Å²) in [5.41, 5.74) is 0.0643. The van der Waals surface area contributed by atoms with Crippen molar-refractivity contribution in [2.75, 3.05) is 10.6 Å². The van der Waals surface area contributed by atoms with E-state index in [0.717, 1.165) is 27.4 Å². The van der Waals surface area contributed by atoms with Crippen LogP contribution in [0.3, 0.4) is 0 Å². The molecule has 0 radical (unpaired) electrons. The Labute approximate surface area is 214 Å². The summed E-state index contributed by atoms with van der Waals surface area (Å²) in [4.78, 5) is 24.9. The number of aliphatic carboxylic acids is 1. The molecule has 0 saturated carbocycles. The van der Waals surface area contributed by atoms with E-state index >= 15 is 0 Å². The number of fused-ring (bicyclic) bond motifs is 1. The summed E-state index contributed by atoms with van der Waals surface area (Å²) in [5.74, 6) is -1.44. The van der Waals surface area contributed by atoms with Gasteiger partial charge in [0.25, 0.3) is 5.56 Å². The lowest BCUT2D eigenvalue weighted by Gasteiger charge is -2.29. The fourth-order valence-electron chi connectivity index (χ4n) is 4.01. The zero-order valence-corrected chi connectivity index (χ0v) is 20.6. The predicted molar refractivity (Wildman–Crippen MR) is 134 cm³/mol. The van der Waals surface area contributed by atoms with Gasteiger partial charge in [-0.05, 0) is 53.9 Å². The molecule has 38 heavy (non-hydrogen) atoms. The number of hydrogen-bond acceptors (Lipinski definition) is 6. The van der Waals surface area contributed by atoms with Crippen molar-refractivity contribution in [2.24, 2.45) is 0 Å². The van der Waals surface area contributed by atoms with Crippen LogP contribution in [0.25, 0.3) is 22.0 Å². The van der Waals surface area contributed by atoms with Crippen LogP contribution in [0.1, 0.15) is 12.0 Å². The number of carboxylic acid groups (broad SMARTS) is 1. The molecule has 0 aliphatic heterocycles. The molecule has 1 unspecified atom stereocenters. The number of hydrogen-bond donors (Lipinski definition) is 1. The number of alkyl halides is 3. The highest BCUT2D eigenvalue weighted by molar-refractivity contribution is 7.92. The standard InChI is InChI=1S/C25H21F3N4O5S/c1-38(36,37)32(19-12-8-17(9-13-19)16-6-10-18(11-7-16)25(26,27)28)22(24(34)35)14-15-31-23(33)20-4-2-3-5-21(20)29-30-31/h2-13,22H,14-15H2,1H3,(H,34,35). The molecule has 0 fully saturated rings. The Kier molecular flexibility index (Phi) is 7.22. The number of sulfonamides is 1. The SMILES string of the molecule is CS(=O)(=O)N(c1ccc(-c2ccc(C(F)(F)F)cc2)cc1)C(CCn1nnc2ccccc2c1=O)C(=O)O. The van der Waals surface area contributed by atoms with E-state index in [2.05, 4.69) is 10.3 Å². The molecule has 1 heterocycles. The molecule has 0 amide bonds. The largest absolute Gasteiger partial charge is 0.480 e. The predicted octanol–water partition coefficient (Wildman–Crippen LogP) is 3.79. The monoisotopic (exact) mass is 546 g/mol. The number of anilines is 1. The number of aromatic nitrogens is 3. The fraction of sp³-hybridized carbons (Fsp3) is 0.200. The van der Waals surface area contributed by atoms with Crippen molar-refractivity contribution in [2.45, 2.75) is 25.2 Å². The van der Waals surface area contributed by atoms with Gasteiger partial charge >= 0.3 is 12.1 Å². The molecule has 0 bridgehead atoms. The average molecular weight is 547 g/mol. The Balaban J connectivity index is 1.62. The van der Waals surface area contributed by atoms with Gasteiger partial charge < -0.3 is 5.11 Å². The summed E-state index contributed by atoms with van der Waals surface area (Å²) in [5, 5.41) is 17.9. The number of nitrogens with zero attached hydrogens (tertiary/aromatic N) is 4. The molecule has 0 aliphatic rings. The number of rotatable bonds is 8. The third-order valence-electron chi connectivity index (χ3n) is 5.84. The zero-order chi connectivity index (χ0) is 27.7. The molecule has 1 aromatic heterocycles. The van der Waals surface area contributed by atoms with E-state index in [1.165, 1.54) is 36.4 Å². The number of carboxylic acids is 1. The lowest BCUT2D eigenvalue weighted by Crippen LogP contribution is -2.46. The van der Waals surface area contributed by atoms with Gasteiger partial charge in [0.2, 0.25) is 10.0 Å². The maximum absolute atomic E-state index is 12.8. The van der Waals surface area contributed by atoms with Crippen LogP contribution in [0.5, 0.6) is 0 Å². The first-order valence-electron chi connectivity index (χ1n) is 11.2. The van der Waals surface area contributed by atoms with Gasteiger partial charge in [0.1, 0.15) is 11.6 Å². The topological polar surface area (TPSA) is 122 Å². The maximum atomic E-state index is 12.8. The van der Waals surface area contributed by atoms with E-state index in [1.807, 2.05) is 0 Å².